The maximum absolute atomic E-state index is 12.0. The van der Waals surface area contributed by atoms with E-state index in [1.807, 2.05) is 0 Å². The normalized spacial score (nSPS) is 12.0. The van der Waals surface area contributed by atoms with Crippen molar-refractivity contribution in [1.82, 2.24) is 14.5 Å². The third kappa shape index (κ3) is 3.05. The molecule has 1 heterocycles. The second-order valence-corrected chi connectivity index (χ2v) is 5.57. The smallest absolute Gasteiger partial charge is 0.244 e. The molecule has 0 bridgehead atoms. The number of nitrogens with zero attached hydrogens (tertiary/aromatic N) is 2. The highest BCUT2D eigenvalue weighted by Crippen LogP contribution is 2.19. The van der Waals surface area contributed by atoms with Crippen molar-refractivity contribution < 1.29 is 8.42 Å². The van der Waals surface area contributed by atoms with Gasteiger partial charge in [0.1, 0.15) is 4.90 Å². The lowest BCUT2D eigenvalue weighted by molar-refractivity contribution is 0.563. The van der Waals surface area contributed by atoms with E-state index in [1.54, 1.807) is 25.5 Å². The van der Waals surface area contributed by atoms with E-state index < -0.39 is 10.0 Å². The molecular formula is C10H20N4O2S. The van der Waals surface area contributed by atoms with Crippen molar-refractivity contribution in [3.8, 4) is 0 Å². The predicted molar refractivity (Wildman–Crippen MR) is 66.2 cm³/mol. The van der Waals surface area contributed by atoms with Gasteiger partial charge in [0, 0.05) is 13.1 Å². The molecule has 0 fully saturated rings. The highest BCUT2D eigenvalue weighted by Gasteiger charge is 2.23. The van der Waals surface area contributed by atoms with E-state index >= 15 is 0 Å². The number of nitrogens with one attached hydrogen (secondary N) is 1. The molecule has 3 N–H and O–H groups in total. The molecule has 0 unspecified atom stereocenters. The van der Waals surface area contributed by atoms with Crippen molar-refractivity contribution in [3.05, 3.63) is 11.4 Å². The minimum Gasteiger partial charge on any atom is -0.330 e. The fourth-order valence-corrected chi connectivity index (χ4v) is 3.24. The van der Waals surface area contributed by atoms with Gasteiger partial charge in [-0.3, -0.25) is 4.68 Å². The van der Waals surface area contributed by atoms with Crippen molar-refractivity contribution >= 4 is 10.0 Å². The molecule has 0 radical (unpaired) electrons. The molecule has 0 saturated carbocycles. The number of aryl methyl sites for hydroxylation is 2. The molecule has 1 aromatic rings. The van der Waals surface area contributed by atoms with E-state index in [9.17, 15) is 8.42 Å². The van der Waals surface area contributed by atoms with Crippen LogP contribution in [-0.2, 0) is 16.6 Å². The average Bonchev–Trinajstić information content (AvgIpc) is 2.51. The van der Waals surface area contributed by atoms with Crippen molar-refractivity contribution in [2.24, 2.45) is 5.73 Å². The van der Waals surface area contributed by atoms with Crippen LogP contribution in [0.15, 0.2) is 4.90 Å². The molecule has 1 aromatic heterocycles. The van der Waals surface area contributed by atoms with Gasteiger partial charge >= 0.3 is 0 Å². The van der Waals surface area contributed by atoms with E-state index in [0.717, 1.165) is 6.42 Å². The van der Waals surface area contributed by atoms with Gasteiger partial charge in [-0.2, -0.15) is 5.10 Å². The number of hydrogen-bond acceptors (Lipinski definition) is 4. The predicted octanol–water partition coefficient (Wildman–Crippen LogP) is 0.147. The lowest BCUT2D eigenvalue weighted by Crippen LogP contribution is -2.24. The Morgan fingerprint density at radius 1 is 1.41 bits per heavy atom. The quantitative estimate of drug-likeness (QED) is 0.761. The second kappa shape index (κ2) is 5.61. The molecule has 1 rings (SSSR count). The van der Waals surface area contributed by atoms with Gasteiger partial charge in [-0.25, -0.2) is 13.1 Å². The molecule has 6 nitrogen and oxygen atoms in total. The average molecular weight is 260 g/mol. The van der Waals surface area contributed by atoms with Gasteiger partial charge in [0.05, 0.1) is 11.4 Å². The molecule has 98 valence electrons. The molecule has 0 saturated heterocycles. The molecule has 17 heavy (non-hydrogen) atoms. The van der Waals surface area contributed by atoms with Crippen LogP contribution in [0.25, 0.3) is 0 Å². The van der Waals surface area contributed by atoms with Gasteiger partial charge < -0.3 is 5.73 Å². The van der Waals surface area contributed by atoms with Crippen LogP contribution in [0.4, 0.5) is 0 Å². The standard InChI is InChI=1S/C10H20N4O2S/c1-4-12-17(15,16)10-8(2)13-14(9(10)3)7-5-6-11/h12H,4-7,11H2,1-3H3. The zero-order valence-electron chi connectivity index (χ0n) is 10.5. The number of sulfonamides is 1. The summed E-state index contributed by atoms with van der Waals surface area (Å²) in [6.45, 7) is 6.80. The minimum atomic E-state index is -3.44. The van der Waals surface area contributed by atoms with Crippen LogP contribution in [0.5, 0.6) is 0 Å². The first kappa shape index (κ1) is 14.1. The number of nitrogens with two attached hydrogens (primary N) is 1. The van der Waals surface area contributed by atoms with E-state index in [1.165, 1.54) is 0 Å². The Morgan fingerprint density at radius 2 is 2.06 bits per heavy atom. The summed E-state index contributed by atoms with van der Waals surface area (Å²) in [5.74, 6) is 0. The Bertz CT molecular complexity index is 479. The lowest BCUT2D eigenvalue weighted by atomic mass is 10.4. The van der Waals surface area contributed by atoms with Gasteiger partial charge in [0.2, 0.25) is 10.0 Å². The molecule has 0 aliphatic carbocycles. The fraction of sp³-hybridized carbons (Fsp3) is 0.700. The van der Waals surface area contributed by atoms with Gasteiger partial charge in [0.25, 0.3) is 0 Å². The Morgan fingerprint density at radius 3 is 2.59 bits per heavy atom. The Kier molecular flexibility index (Phi) is 4.67. The van der Waals surface area contributed by atoms with Crippen molar-refractivity contribution in [3.63, 3.8) is 0 Å². The highest BCUT2D eigenvalue weighted by atomic mass is 32.2. The highest BCUT2D eigenvalue weighted by molar-refractivity contribution is 7.89. The van der Waals surface area contributed by atoms with Crippen LogP contribution in [0.1, 0.15) is 24.7 Å². The van der Waals surface area contributed by atoms with Gasteiger partial charge in [-0.05, 0) is 26.8 Å². The summed E-state index contributed by atoms with van der Waals surface area (Å²) in [7, 11) is -3.44. The van der Waals surface area contributed by atoms with E-state index in [0.29, 0.717) is 31.0 Å². The minimum absolute atomic E-state index is 0.288. The third-order valence-corrected chi connectivity index (χ3v) is 4.29. The first-order valence-corrected chi connectivity index (χ1v) is 7.16. The molecule has 0 aromatic carbocycles. The molecule has 0 atom stereocenters. The summed E-state index contributed by atoms with van der Waals surface area (Å²) in [6, 6.07) is 0. The number of aromatic nitrogens is 2. The van der Waals surface area contributed by atoms with Crippen LogP contribution < -0.4 is 10.5 Å². The van der Waals surface area contributed by atoms with Gasteiger partial charge in [-0.1, -0.05) is 6.92 Å². The molecule has 0 aliphatic rings. The van der Waals surface area contributed by atoms with Gasteiger partial charge in [0.15, 0.2) is 0 Å². The fourth-order valence-electron chi connectivity index (χ4n) is 1.79. The molecule has 0 amide bonds. The van der Waals surface area contributed by atoms with E-state index in [-0.39, 0.29) is 4.90 Å². The first-order valence-electron chi connectivity index (χ1n) is 5.67. The number of hydrogen-bond donors (Lipinski definition) is 2. The molecule has 7 heteroatoms. The second-order valence-electron chi connectivity index (χ2n) is 3.87. The zero-order valence-corrected chi connectivity index (χ0v) is 11.3. The zero-order chi connectivity index (χ0) is 13.1. The van der Waals surface area contributed by atoms with Crippen LogP contribution in [0, 0.1) is 13.8 Å². The SMILES string of the molecule is CCNS(=O)(=O)c1c(C)nn(CCCN)c1C. The first-order chi connectivity index (χ1) is 7.94. The van der Waals surface area contributed by atoms with Gasteiger partial charge in [-0.15, -0.1) is 0 Å². The van der Waals surface area contributed by atoms with E-state index in [4.69, 9.17) is 5.73 Å². The number of rotatable bonds is 6. The van der Waals surface area contributed by atoms with Crippen LogP contribution >= 0.6 is 0 Å². The van der Waals surface area contributed by atoms with Crippen LogP contribution in [0.2, 0.25) is 0 Å². The molecule has 0 spiro atoms. The summed E-state index contributed by atoms with van der Waals surface area (Å²) in [4.78, 5) is 0.288. The summed E-state index contributed by atoms with van der Waals surface area (Å²) < 4.78 is 28.1. The summed E-state index contributed by atoms with van der Waals surface area (Å²) in [5, 5.41) is 4.24. The summed E-state index contributed by atoms with van der Waals surface area (Å²) in [5.41, 5.74) is 6.63. The van der Waals surface area contributed by atoms with Crippen molar-refractivity contribution in [1.29, 1.82) is 0 Å². The van der Waals surface area contributed by atoms with E-state index in [2.05, 4.69) is 9.82 Å². The Labute approximate surface area is 102 Å². The molecular weight excluding hydrogens is 240 g/mol. The Balaban J connectivity index is 3.13. The topological polar surface area (TPSA) is 90.0 Å². The van der Waals surface area contributed by atoms with Crippen LogP contribution in [0.3, 0.4) is 0 Å². The third-order valence-electron chi connectivity index (χ3n) is 2.49. The van der Waals surface area contributed by atoms with Crippen molar-refractivity contribution in [2.45, 2.75) is 38.6 Å². The maximum Gasteiger partial charge on any atom is 0.244 e. The molecule has 0 aliphatic heterocycles. The van der Waals surface area contributed by atoms with Crippen LogP contribution in [-0.4, -0.2) is 31.3 Å². The monoisotopic (exact) mass is 260 g/mol. The van der Waals surface area contributed by atoms with Crippen molar-refractivity contribution in [2.75, 3.05) is 13.1 Å². The maximum atomic E-state index is 12.0. The largest absolute Gasteiger partial charge is 0.330 e. The Hall–Kier alpha value is -0.920. The summed E-state index contributed by atoms with van der Waals surface area (Å²) in [6.07, 6.45) is 0.780. The summed E-state index contributed by atoms with van der Waals surface area (Å²) >= 11 is 0. The lowest BCUT2D eigenvalue weighted by Gasteiger charge is -2.06.